The summed E-state index contributed by atoms with van der Waals surface area (Å²) in [7, 11) is 0. The Morgan fingerprint density at radius 3 is 2.36 bits per heavy atom. The van der Waals surface area contributed by atoms with E-state index in [1.165, 1.54) is 4.57 Å². The van der Waals surface area contributed by atoms with Gasteiger partial charge in [0, 0.05) is 25.1 Å². The van der Waals surface area contributed by atoms with Crippen molar-refractivity contribution in [2.24, 2.45) is 5.41 Å². The summed E-state index contributed by atoms with van der Waals surface area (Å²) in [5.41, 5.74) is -0.456. The number of aliphatic hydroxyl groups excluding tert-OH is 1. The lowest BCUT2D eigenvalue weighted by atomic mass is 9.66. The second-order valence-electron chi connectivity index (χ2n) is 10.1. The summed E-state index contributed by atoms with van der Waals surface area (Å²) < 4.78 is 17.6. The van der Waals surface area contributed by atoms with Gasteiger partial charge in [-0.3, -0.25) is 18.5 Å². The highest BCUT2D eigenvalue weighted by atomic mass is 16.5. The number of imidazole rings is 1. The van der Waals surface area contributed by atoms with Crippen molar-refractivity contribution in [3.05, 3.63) is 26.7 Å². The molecule has 1 aliphatic carbocycles. The van der Waals surface area contributed by atoms with Gasteiger partial charge in [0.05, 0.1) is 13.2 Å². The number of rotatable bonds is 7. The zero-order chi connectivity index (χ0) is 23.2. The minimum Gasteiger partial charge on any atom is -0.396 e. The van der Waals surface area contributed by atoms with E-state index in [-0.39, 0.29) is 29.5 Å². The maximum atomic E-state index is 13.7. The average molecular weight is 461 g/mol. The van der Waals surface area contributed by atoms with Gasteiger partial charge in [0.1, 0.15) is 17.7 Å². The summed E-state index contributed by atoms with van der Waals surface area (Å²) in [5.74, 6) is 0.714. The summed E-state index contributed by atoms with van der Waals surface area (Å²) in [6, 6.07) is 0. The maximum absolute atomic E-state index is 13.7. The molecule has 1 saturated carbocycles. The minimum absolute atomic E-state index is 0.128. The van der Waals surface area contributed by atoms with Gasteiger partial charge in [-0.25, -0.2) is 9.78 Å². The maximum Gasteiger partial charge on any atom is 0.332 e. The molecule has 0 aromatic carbocycles. The number of aryl methyl sites for hydroxylation is 1. The molecule has 4 fully saturated rings. The Labute approximate surface area is 193 Å². The molecule has 2 aromatic rings. The Morgan fingerprint density at radius 2 is 1.79 bits per heavy atom. The lowest BCUT2D eigenvalue weighted by Gasteiger charge is -2.52. The highest BCUT2D eigenvalue weighted by Gasteiger charge is 2.53. The van der Waals surface area contributed by atoms with Crippen LogP contribution in [0, 0.1) is 5.41 Å². The van der Waals surface area contributed by atoms with Crippen molar-refractivity contribution in [1.82, 2.24) is 18.7 Å². The fourth-order valence-electron chi connectivity index (χ4n) is 5.89. The summed E-state index contributed by atoms with van der Waals surface area (Å²) >= 11 is 0. The first-order valence-corrected chi connectivity index (χ1v) is 12.6. The number of hydrogen-bond donors (Lipinski definition) is 1. The van der Waals surface area contributed by atoms with Crippen LogP contribution >= 0.6 is 0 Å². The molecule has 2 bridgehead atoms. The molecule has 9 heteroatoms. The molecule has 1 atom stereocenters. The number of fused-ring (bicyclic) bond motifs is 4. The third kappa shape index (κ3) is 3.51. The Bertz CT molecular complexity index is 1120. The second-order valence-corrected chi connectivity index (χ2v) is 10.1. The largest absolute Gasteiger partial charge is 0.396 e. The van der Waals surface area contributed by atoms with Crippen LogP contribution in [0.2, 0.25) is 0 Å². The molecule has 0 radical (unpaired) electrons. The Balaban J connectivity index is 1.77. The number of aliphatic hydroxyl groups is 1. The van der Waals surface area contributed by atoms with Gasteiger partial charge in [-0.2, -0.15) is 0 Å². The van der Waals surface area contributed by atoms with Gasteiger partial charge in [-0.15, -0.1) is 0 Å². The third-order valence-corrected chi connectivity index (χ3v) is 7.91. The molecule has 3 aliphatic heterocycles. The van der Waals surface area contributed by atoms with E-state index in [1.807, 2.05) is 18.4 Å². The Hall–Kier alpha value is -1.97. The Kier molecular flexibility index (Phi) is 5.99. The topological polar surface area (TPSA) is 101 Å². The first kappa shape index (κ1) is 22.8. The van der Waals surface area contributed by atoms with Gasteiger partial charge >= 0.3 is 5.69 Å². The molecule has 1 N–H and O–H groups in total. The van der Waals surface area contributed by atoms with Crippen molar-refractivity contribution in [1.29, 1.82) is 0 Å². The summed E-state index contributed by atoms with van der Waals surface area (Å²) in [4.78, 5) is 32.0. The van der Waals surface area contributed by atoms with Gasteiger partial charge in [0.2, 0.25) is 0 Å². The van der Waals surface area contributed by atoms with Crippen LogP contribution in [-0.2, 0) is 28.2 Å². The third-order valence-electron chi connectivity index (χ3n) is 7.91. The van der Waals surface area contributed by atoms with Crippen molar-refractivity contribution < 1.29 is 14.6 Å². The van der Waals surface area contributed by atoms with Crippen LogP contribution in [0.1, 0.15) is 83.7 Å². The van der Waals surface area contributed by atoms with Crippen LogP contribution in [0.3, 0.4) is 0 Å². The predicted molar refractivity (Wildman–Crippen MR) is 123 cm³/mol. The zero-order valence-corrected chi connectivity index (χ0v) is 19.8. The monoisotopic (exact) mass is 460 g/mol. The van der Waals surface area contributed by atoms with Crippen LogP contribution in [0.5, 0.6) is 0 Å². The highest BCUT2D eigenvalue weighted by Crippen LogP contribution is 2.53. The fraction of sp³-hybridized carbons (Fsp3) is 0.792. The molecule has 0 spiro atoms. The lowest BCUT2D eigenvalue weighted by molar-refractivity contribution is -0.206. The molecule has 9 nitrogen and oxygen atoms in total. The van der Waals surface area contributed by atoms with E-state index in [0.29, 0.717) is 49.7 Å². The van der Waals surface area contributed by atoms with Crippen molar-refractivity contribution >= 4 is 11.2 Å². The van der Waals surface area contributed by atoms with Crippen molar-refractivity contribution in [3.63, 3.8) is 0 Å². The molecule has 4 aliphatic rings. The number of aromatic nitrogens is 4. The summed E-state index contributed by atoms with van der Waals surface area (Å²) in [6.45, 7) is 6.13. The molecule has 0 amide bonds. The molecule has 6 rings (SSSR count). The van der Waals surface area contributed by atoms with Gasteiger partial charge < -0.3 is 14.6 Å². The van der Waals surface area contributed by atoms with E-state index < -0.39 is 5.60 Å². The van der Waals surface area contributed by atoms with Gasteiger partial charge in [-0.05, 0) is 57.8 Å². The van der Waals surface area contributed by atoms with Crippen LogP contribution < -0.4 is 11.2 Å². The molecule has 2 aromatic heterocycles. The molecule has 5 heterocycles. The summed E-state index contributed by atoms with van der Waals surface area (Å²) in [6.07, 6.45) is 7.19. The predicted octanol–water partition coefficient (Wildman–Crippen LogP) is 2.66. The van der Waals surface area contributed by atoms with Crippen LogP contribution in [0.4, 0.5) is 0 Å². The molecule has 1 unspecified atom stereocenters. The number of ether oxygens (including phenoxy) is 2. The van der Waals surface area contributed by atoms with Crippen LogP contribution in [-0.4, -0.2) is 43.6 Å². The first-order chi connectivity index (χ1) is 16.0. The normalized spacial score (nSPS) is 29.7. The fourth-order valence-corrected chi connectivity index (χ4v) is 5.89. The van der Waals surface area contributed by atoms with E-state index in [9.17, 15) is 14.7 Å². The average Bonchev–Trinajstić information content (AvgIpc) is 3.28. The van der Waals surface area contributed by atoms with Gasteiger partial charge in [-0.1, -0.05) is 13.8 Å². The number of hydrogen-bond acceptors (Lipinski definition) is 6. The SMILES string of the molecule is CCCn1c(=O)c2c(nc(C34CCC(CO)(CC3)CO4)n2C2CCCCO2)n(CCC)c1=O. The van der Waals surface area contributed by atoms with E-state index in [4.69, 9.17) is 14.5 Å². The van der Waals surface area contributed by atoms with Crippen molar-refractivity contribution in [2.45, 2.75) is 96.6 Å². The molecule has 33 heavy (non-hydrogen) atoms. The highest BCUT2D eigenvalue weighted by molar-refractivity contribution is 5.71. The molecular weight excluding hydrogens is 424 g/mol. The van der Waals surface area contributed by atoms with E-state index >= 15 is 0 Å². The van der Waals surface area contributed by atoms with E-state index in [1.54, 1.807) is 4.57 Å². The van der Waals surface area contributed by atoms with Gasteiger partial charge in [0.15, 0.2) is 11.2 Å². The van der Waals surface area contributed by atoms with Crippen LogP contribution in [0.25, 0.3) is 11.2 Å². The van der Waals surface area contributed by atoms with Crippen molar-refractivity contribution in [3.8, 4) is 0 Å². The Morgan fingerprint density at radius 1 is 1.06 bits per heavy atom. The minimum atomic E-state index is -0.619. The summed E-state index contributed by atoms with van der Waals surface area (Å²) in [5, 5.41) is 9.93. The lowest BCUT2D eigenvalue weighted by Crippen LogP contribution is -2.52. The first-order valence-electron chi connectivity index (χ1n) is 12.6. The quantitative estimate of drug-likeness (QED) is 0.682. The van der Waals surface area contributed by atoms with Crippen LogP contribution in [0.15, 0.2) is 9.59 Å². The van der Waals surface area contributed by atoms with Crippen molar-refractivity contribution in [2.75, 3.05) is 19.8 Å². The second kappa shape index (κ2) is 8.67. The van der Waals surface area contributed by atoms with E-state index in [2.05, 4.69) is 0 Å². The standard InChI is InChI=1S/C24H36N4O5/c1-3-12-26-19-18(20(30)27(13-4-2)22(26)31)28(17-7-5-6-14-32-17)21(25-19)24-10-8-23(15-29,9-11-24)16-33-24/h17,29H,3-16H2,1-2H3. The number of nitrogens with zero attached hydrogens (tertiary/aromatic N) is 4. The van der Waals surface area contributed by atoms with E-state index in [0.717, 1.165) is 51.4 Å². The molecule has 182 valence electrons. The zero-order valence-electron chi connectivity index (χ0n) is 19.8. The molecular formula is C24H36N4O5. The smallest absolute Gasteiger partial charge is 0.332 e. The molecule has 3 saturated heterocycles. The van der Waals surface area contributed by atoms with Gasteiger partial charge in [0.25, 0.3) is 5.56 Å².